The number of halogens is 4. The van der Waals surface area contributed by atoms with Crippen molar-refractivity contribution in [2.45, 2.75) is 13.1 Å². The normalized spacial score (nSPS) is 11.8. The number of ether oxygens (including phenoxy) is 1. The summed E-state index contributed by atoms with van der Waals surface area (Å²) in [6.45, 7) is 2.10. The third-order valence-corrected chi connectivity index (χ3v) is 5.94. The summed E-state index contributed by atoms with van der Waals surface area (Å²) >= 11 is 12.4. The van der Waals surface area contributed by atoms with Crippen LogP contribution in [0.2, 0.25) is 4.34 Å². The standard InChI is InChI=1S/C20H13ClF3N3O2S2/c1-2-29-13-6-4-3-5-12(13)27-17-16(18(28)26-19(27)30)10(20(22,23)24)9-11(25-17)14-7-8-15(21)31-14/h3-9H,2H2,1H3,(H,26,28,30). The van der Waals surface area contributed by atoms with Crippen LogP contribution in [0.4, 0.5) is 13.2 Å². The minimum atomic E-state index is -4.80. The van der Waals surface area contributed by atoms with Gasteiger partial charge in [-0.3, -0.25) is 14.3 Å². The van der Waals surface area contributed by atoms with Crippen molar-refractivity contribution in [2.75, 3.05) is 6.61 Å². The monoisotopic (exact) mass is 483 g/mol. The van der Waals surface area contributed by atoms with Gasteiger partial charge in [0.1, 0.15) is 5.75 Å². The van der Waals surface area contributed by atoms with E-state index >= 15 is 0 Å². The molecular weight excluding hydrogens is 471 g/mol. The zero-order valence-corrected chi connectivity index (χ0v) is 18.2. The second kappa shape index (κ2) is 8.10. The van der Waals surface area contributed by atoms with E-state index in [-0.39, 0.29) is 16.1 Å². The van der Waals surface area contributed by atoms with Crippen LogP contribution in [0.1, 0.15) is 12.5 Å². The molecule has 0 saturated heterocycles. The number of nitrogens with one attached hydrogen (secondary N) is 1. The van der Waals surface area contributed by atoms with E-state index in [1.54, 1.807) is 43.3 Å². The van der Waals surface area contributed by atoms with Crippen LogP contribution < -0.4 is 10.3 Å². The number of benzene rings is 1. The maximum absolute atomic E-state index is 14.0. The van der Waals surface area contributed by atoms with Crippen LogP contribution in [0, 0.1) is 4.77 Å². The zero-order valence-electron chi connectivity index (χ0n) is 15.8. The summed E-state index contributed by atoms with van der Waals surface area (Å²) < 4.78 is 49.1. The van der Waals surface area contributed by atoms with Crippen LogP contribution in [-0.2, 0) is 6.18 Å². The Morgan fingerprint density at radius 2 is 2.00 bits per heavy atom. The van der Waals surface area contributed by atoms with Crippen molar-refractivity contribution in [3.05, 3.63) is 67.5 Å². The topological polar surface area (TPSA) is 59.9 Å². The molecule has 0 fully saturated rings. The van der Waals surface area contributed by atoms with Crippen LogP contribution in [0.3, 0.4) is 0 Å². The summed E-state index contributed by atoms with van der Waals surface area (Å²) in [4.78, 5) is 19.8. The number of rotatable bonds is 4. The minimum Gasteiger partial charge on any atom is -0.492 e. The molecule has 0 bridgehead atoms. The first kappa shape index (κ1) is 21.5. The molecule has 4 aromatic rings. The summed E-state index contributed by atoms with van der Waals surface area (Å²) in [5.41, 5.74) is -1.93. The van der Waals surface area contributed by atoms with Gasteiger partial charge in [0.25, 0.3) is 5.56 Å². The smallest absolute Gasteiger partial charge is 0.417 e. The fraction of sp³-hybridized carbons (Fsp3) is 0.150. The highest BCUT2D eigenvalue weighted by Gasteiger charge is 2.36. The Labute approximate surface area is 187 Å². The number of H-pyrrole nitrogens is 1. The summed E-state index contributed by atoms with van der Waals surface area (Å²) in [6, 6.07) is 10.7. The van der Waals surface area contributed by atoms with Crippen LogP contribution in [-0.4, -0.2) is 21.1 Å². The van der Waals surface area contributed by atoms with Gasteiger partial charge < -0.3 is 4.74 Å². The van der Waals surface area contributed by atoms with Crippen LogP contribution >= 0.6 is 35.2 Å². The number of thiophene rings is 1. The number of aromatic amines is 1. The van der Waals surface area contributed by atoms with E-state index in [0.717, 1.165) is 17.4 Å². The zero-order chi connectivity index (χ0) is 22.3. The molecule has 1 aromatic carbocycles. The predicted molar refractivity (Wildman–Crippen MR) is 117 cm³/mol. The van der Waals surface area contributed by atoms with Crippen LogP contribution in [0.5, 0.6) is 5.75 Å². The lowest BCUT2D eigenvalue weighted by Gasteiger charge is -2.17. The molecule has 0 amide bonds. The molecule has 4 rings (SSSR count). The molecule has 31 heavy (non-hydrogen) atoms. The van der Waals surface area contributed by atoms with Gasteiger partial charge in [0.05, 0.1) is 38.2 Å². The molecular formula is C20H13ClF3N3O2S2. The highest BCUT2D eigenvalue weighted by Crippen LogP contribution is 2.38. The Kier molecular flexibility index (Phi) is 5.63. The average Bonchev–Trinajstić information content (AvgIpc) is 3.14. The Hall–Kier alpha value is -2.69. The SMILES string of the molecule is CCOc1ccccc1-n1c(=S)[nH]c(=O)c2c(C(F)(F)F)cc(-c3ccc(Cl)s3)nc21. The highest BCUT2D eigenvalue weighted by molar-refractivity contribution is 7.71. The molecule has 5 nitrogen and oxygen atoms in total. The molecule has 0 atom stereocenters. The highest BCUT2D eigenvalue weighted by atomic mass is 35.5. The third-order valence-electron chi connectivity index (χ3n) is 4.40. The van der Waals surface area contributed by atoms with Gasteiger partial charge in [0.2, 0.25) is 0 Å². The largest absolute Gasteiger partial charge is 0.492 e. The molecule has 3 heterocycles. The van der Waals surface area contributed by atoms with Gasteiger partial charge >= 0.3 is 6.18 Å². The maximum atomic E-state index is 14.0. The van der Waals surface area contributed by atoms with Gasteiger partial charge in [0.15, 0.2) is 10.4 Å². The van der Waals surface area contributed by atoms with Crippen molar-refractivity contribution in [1.29, 1.82) is 0 Å². The summed E-state index contributed by atoms with van der Waals surface area (Å²) in [5.74, 6) is 0.384. The first-order chi connectivity index (χ1) is 14.7. The number of nitrogens with zero attached hydrogens (tertiary/aromatic N) is 2. The second-order valence-corrected chi connectivity index (χ2v) is 8.45. The Morgan fingerprint density at radius 3 is 2.65 bits per heavy atom. The van der Waals surface area contributed by atoms with E-state index in [4.69, 9.17) is 28.6 Å². The maximum Gasteiger partial charge on any atom is 0.417 e. The lowest BCUT2D eigenvalue weighted by molar-refractivity contribution is -0.136. The van der Waals surface area contributed by atoms with E-state index in [2.05, 4.69) is 9.97 Å². The second-order valence-electron chi connectivity index (χ2n) is 6.35. The number of pyridine rings is 1. The molecule has 0 radical (unpaired) electrons. The summed E-state index contributed by atoms with van der Waals surface area (Å²) in [5, 5.41) is -0.612. The van der Waals surface area contributed by atoms with Crippen molar-refractivity contribution in [3.63, 3.8) is 0 Å². The molecule has 0 aliphatic heterocycles. The van der Waals surface area contributed by atoms with Gasteiger partial charge in [-0.25, -0.2) is 4.98 Å². The number of aromatic nitrogens is 3. The van der Waals surface area contributed by atoms with E-state index in [1.165, 1.54) is 4.57 Å². The molecule has 3 aromatic heterocycles. The number of hydrogen-bond donors (Lipinski definition) is 1. The number of alkyl halides is 3. The van der Waals surface area contributed by atoms with Crippen LogP contribution in [0.25, 0.3) is 27.3 Å². The number of fused-ring (bicyclic) bond motifs is 1. The molecule has 0 aliphatic rings. The Bertz CT molecular complexity index is 1410. The van der Waals surface area contributed by atoms with Gasteiger partial charge in [-0.2, -0.15) is 13.2 Å². The van der Waals surface area contributed by atoms with Crippen molar-refractivity contribution in [1.82, 2.24) is 14.5 Å². The molecule has 0 unspecified atom stereocenters. The molecule has 1 N–H and O–H groups in total. The van der Waals surface area contributed by atoms with Gasteiger partial charge in [-0.1, -0.05) is 23.7 Å². The Morgan fingerprint density at radius 1 is 1.26 bits per heavy atom. The van der Waals surface area contributed by atoms with Crippen LogP contribution in [0.15, 0.2) is 47.3 Å². The average molecular weight is 484 g/mol. The first-order valence-corrected chi connectivity index (χ1v) is 10.6. The lowest BCUT2D eigenvalue weighted by Crippen LogP contribution is -2.20. The van der Waals surface area contributed by atoms with E-state index in [0.29, 0.717) is 27.3 Å². The van der Waals surface area contributed by atoms with Crippen molar-refractivity contribution in [2.24, 2.45) is 0 Å². The Balaban J connectivity index is 2.18. The summed E-state index contributed by atoms with van der Waals surface area (Å²) in [6.07, 6.45) is -4.80. The molecule has 0 spiro atoms. The summed E-state index contributed by atoms with van der Waals surface area (Å²) in [7, 11) is 0. The first-order valence-electron chi connectivity index (χ1n) is 8.96. The fourth-order valence-electron chi connectivity index (χ4n) is 3.17. The van der Waals surface area contributed by atoms with Gasteiger partial charge in [0, 0.05) is 0 Å². The quantitative estimate of drug-likeness (QED) is 0.349. The number of hydrogen-bond acceptors (Lipinski definition) is 5. The van der Waals surface area contributed by atoms with Crippen molar-refractivity contribution in [3.8, 4) is 22.0 Å². The predicted octanol–water partition coefficient (Wildman–Crippen LogP) is 6.24. The van der Waals surface area contributed by atoms with Gasteiger partial charge in [-0.15, -0.1) is 11.3 Å². The lowest BCUT2D eigenvalue weighted by atomic mass is 10.1. The third kappa shape index (κ3) is 3.98. The van der Waals surface area contributed by atoms with E-state index in [9.17, 15) is 18.0 Å². The molecule has 0 saturated carbocycles. The van der Waals surface area contributed by atoms with E-state index in [1.807, 2.05) is 0 Å². The molecule has 11 heteroatoms. The van der Waals surface area contributed by atoms with Gasteiger partial charge in [-0.05, 0) is 49.5 Å². The van der Waals surface area contributed by atoms with Crippen molar-refractivity contribution < 1.29 is 17.9 Å². The molecule has 0 aliphatic carbocycles. The molecule has 160 valence electrons. The fourth-order valence-corrected chi connectivity index (χ4v) is 4.45. The minimum absolute atomic E-state index is 0.0272. The number of para-hydroxylation sites is 2. The van der Waals surface area contributed by atoms with Crippen molar-refractivity contribution >= 4 is 46.2 Å². The van der Waals surface area contributed by atoms with E-state index < -0.39 is 22.7 Å².